The lowest BCUT2D eigenvalue weighted by molar-refractivity contribution is 0.245. The Balaban J connectivity index is 4.14. The standard InChI is InChI=1S/C3H14N6/c4-1-2(5,6)3(7,8)9/h1,4-9H2. The third kappa shape index (κ3) is 1.86. The average Bonchev–Trinajstić information content (AvgIpc) is 1.64. The lowest BCUT2D eigenvalue weighted by Crippen LogP contribution is -2.83. The molecule has 56 valence electrons. The van der Waals surface area contributed by atoms with Gasteiger partial charge in [0.25, 0.3) is 0 Å². The fourth-order valence-corrected chi connectivity index (χ4v) is 0.177. The molecule has 0 aliphatic carbocycles. The maximum atomic E-state index is 5.27. The van der Waals surface area contributed by atoms with Crippen molar-refractivity contribution in [3.8, 4) is 0 Å². The van der Waals surface area contributed by atoms with Crippen LogP contribution in [0.25, 0.3) is 0 Å². The molecule has 6 nitrogen and oxygen atoms in total. The van der Waals surface area contributed by atoms with Crippen LogP contribution in [0.4, 0.5) is 0 Å². The Labute approximate surface area is 53.5 Å². The summed E-state index contributed by atoms with van der Waals surface area (Å²) in [4.78, 5) is 0. The number of rotatable bonds is 2. The van der Waals surface area contributed by atoms with Crippen molar-refractivity contribution in [2.24, 2.45) is 34.4 Å². The molecule has 0 unspecified atom stereocenters. The first-order chi connectivity index (χ1) is 3.81. The van der Waals surface area contributed by atoms with E-state index in [1.165, 1.54) is 0 Å². The minimum Gasteiger partial charge on any atom is -0.327 e. The van der Waals surface area contributed by atoms with Crippen LogP contribution in [0.3, 0.4) is 0 Å². The first kappa shape index (κ1) is 8.76. The van der Waals surface area contributed by atoms with Gasteiger partial charge in [-0.2, -0.15) is 0 Å². The van der Waals surface area contributed by atoms with E-state index in [1.54, 1.807) is 0 Å². The predicted molar refractivity (Wildman–Crippen MR) is 35.5 cm³/mol. The highest BCUT2D eigenvalue weighted by molar-refractivity contribution is 4.95. The van der Waals surface area contributed by atoms with Gasteiger partial charge >= 0.3 is 0 Å². The van der Waals surface area contributed by atoms with Crippen LogP contribution in [-0.4, -0.2) is 18.0 Å². The molecule has 0 fully saturated rings. The second-order valence-electron chi connectivity index (χ2n) is 2.18. The van der Waals surface area contributed by atoms with Gasteiger partial charge in [-0.25, -0.2) is 0 Å². The van der Waals surface area contributed by atoms with Gasteiger partial charge in [0.15, 0.2) is 0 Å². The topological polar surface area (TPSA) is 156 Å². The monoisotopic (exact) mass is 134 g/mol. The molecule has 0 atom stereocenters. The van der Waals surface area contributed by atoms with E-state index in [-0.39, 0.29) is 6.54 Å². The lowest BCUT2D eigenvalue weighted by Gasteiger charge is -2.35. The Morgan fingerprint density at radius 2 is 1.22 bits per heavy atom. The van der Waals surface area contributed by atoms with Crippen molar-refractivity contribution in [2.75, 3.05) is 6.54 Å². The summed E-state index contributed by atoms with van der Waals surface area (Å²) >= 11 is 0. The summed E-state index contributed by atoms with van der Waals surface area (Å²) < 4.78 is 0. The molecule has 6 heteroatoms. The van der Waals surface area contributed by atoms with Gasteiger partial charge < -0.3 is 17.2 Å². The van der Waals surface area contributed by atoms with Gasteiger partial charge in [-0.3, -0.25) is 17.2 Å². The van der Waals surface area contributed by atoms with Crippen LogP contribution in [0.5, 0.6) is 0 Å². The molecule has 0 aromatic carbocycles. The predicted octanol–water partition coefficient (Wildman–Crippen LogP) is -3.91. The van der Waals surface area contributed by atoms with E-state index in [0.29, 0.717) is 0 Å². The first-order valence-electron chi connectivity index (χ1n) is 2.46. The van der Waals surface area contributed by atoms with Crippen molar-refractivity contribution < 1.29 is 0 Å². The highest BCUT2D eigenvalue weighted by Gasteiger charge is 2.34. The van der Waals surface area contributed by atoms with E-state index in [4.69, 9.17) is 34.4 Å². The Morgan fingerprint density at radius 3 is 1.22 bits per heavy atom. The van der Waals surface area contributed by atoms with Crippen molar-refractivity contribution in [2.45, 2.75) is 11.4 Å². The Kier molecular flexibility index (Phi) is 2.12. The molecule has 0 spiro atoms. The van der Waals surface area contributed by atoms with Crippen LogP contribution in [0.1, 0.15) is 0 Å². The molecule has 9 heavy (non-hydrogen) atoms. The molecular weight excluding hydrogens is 120 g/mol. The zero-order valence-electron chi connectivity index (χ0n) is 5.17. The fraction of sp³-hybridized carbons (Fsp3) is 1.00. The van der Waals surface area contributed by atoms with E-state index in [1.807, 2.05) is 0 Å². The van der Waals surface area contributed by atoms with Crippen molar-refractivity contribution >= 4 is 0 Å². The second-order valence-corrected chi connectivity index (χ2v) is 2.18. The van der Waals surface area contributed by atoms with Gasteiger partial charge in [-0.15, -0.1) is 0 Å². The molecule has 0 aliphatic heterocycles. The number of hydrogen-bond donors (Lipinski definition) is 6. The Hall–Kier alpha value is -0.240. The summed E-state index contributed by atoms with van der Waals surface area (Å²) in [6, 6.07) is 0. The van der Waals surface area contributed by atoms with Crippen LogP contribution in [0.2, 0.25) is 0 Å². The van der Waals surface area contributed by atoms with Crippen molar-refractivity contribution in [1.29, 1.82) is 0 Å². The number of nitrogens with two attached hydrogens (primary N) is 6. The largest absolute Gasteiger partial charge is 0.327 e. The van der Waals surface area contributed by atoms with Gasteiger partial charge in [-0.1, -0.05) is 0 Å². The molecule has 0 bridgehead atoms. The van der Waals surface area contributed by atoms with Crippen LogP contribution >= 0.6 is 0 Å². The normalized spacial score (nSPS) is 14.0. The first-order valence-corrected chi connectivity index (χ1v) is 2.46. The Morgan fingerprint density at radius 1 is 0.889 bits per heavy atom. The summed E-state index contributed by atoms with van der Waals surface area (Å²) in [6.07, 6.45) is 0. The van der Waals surface area contributed by atoms with Crippen LogP contribution in [-0.2, 0) is 0 Å². The molecule has 0 aromatic rings. The van der Waals surface area contributed by atoms with Crippen molar-refractivity contribution in [3.63, 3.8) is 0 Å². The molecular formula is C3H14N6. The van der Waals surface area contributed by atoms with E-state index in [0.717, 1.165) is 0 Å². The maximum Gasteiger partial charge on any atom is 0.149 e. The van der Waals surface area contributed by atoms with Crippen LogP contribution in [0, 0.1) is 0 Å². The maximum absolute atomic E-state index is 5.27. The van der Waals surface area contributed by atoms with Gasteiger partial charge in [0.2, 0.25) is 0 Å². The molecule has 0 aromatic heterocycles. The minimum absolute atomic E-state index is 0.0590. The molecule has 0 heterocycles. The fourth-order valence-electron chi connectivity index (χ4n) is 0.177. The molecule has 0 radical (unpaired) electrons. The smallest absolute Gasteiger partial charge is 0.149 e. The quantitative estimate of drug-likeness (QED) is 0.212. The summed E-state index contributed by atoms with van der Waals surface area (Å²) in [5, 5.41) is 0. The molecule has 0 rings (SSSR count). The van der Waals surface area contributed by atoms with Gasteiger partial charge in [-0.05, 0) is 0 Å². The highest BCUT2D eigenvalue weighted by Crippen LogP contribution is 1.93. The molecule has 0 saturated carbocycles. The van der Waals surface area contributed by atoms with Crippen molar-refractivity contribution in [1.82, 2.24) is 0 Å². The summed E-state index contributed by atoms with van der Waals surface area (Å²) in [5.74, 6) is -1.62. The average molecular weight is 134 g/mol. The molecule has 0 amide bonds. The third-order valence-corrected chi connectivity index (χ3v) is 1.14. The van der Waals surface area contributed by atoms with Crippen LogP contribution < -0.4 is 34.4 Å². The lowest BCUT2D eigenvalue weighted by atomic mass is 10.1. The number of hydrogen-bond acceptors (Lipinski definition) is 6. The zero-order valence-corrected chi connectivity index (χ0v) is 5.17. The van der Waals surface area contributed by atoms with Gasteiger partial charge in [0.05, 0.1) is 0 Å². The van der Waals surface area contributed by atoms with E-state index in [2.05, 4.69) is 0 Å². The molecule has 0 aliphatic rings. The molecule has 12 N–H and O–H groups in total. The SMILES string of the molecule is NCC(N)(N)C(N)(N)N. The van der Waals surface area contributed by atoms with E-state index < -0.39 is 11.4 Å². The van der Waals surface area contributed by atoms with Crippen LogP contribution in [0.15, 0.2) is 0 Å². The van der Waals surface area contributed by atoms with Gasteiger partial charge in [0, 0.05) is 6.54 Å². The van der Waals surface area contributed by atoms with Crippen molar-refractivity contribution in [3.05, 3.63) is 0 Å². The van der Waals surface area contributed by atoms with E-state index in [9.17, 15) is 0 Å². The summed E-state index contributed by atoms with van der Waals surface area (Å²) in [7, 11) is 0. The summed E-state index contributed by atoms with van der Waals surface area (Å²) in [6.45, 7) is -0.0590. The summed E-state index contributed by atoms with van der Waals surface area (Å²) in [5.41, 5.74) is 29.7. The highest BCUT2D eigenvalue weighted by atomic mass is 15.3. The third-order valence-electron chi connectivity index (χ3n) is 1.14. The van der Waals surface area contributed by atoms with Gasteiger partial charge in [0.1, 0.15) is 11.4 Å². The second kappa shape index (κ2) is 2.18. The van der Waals surface area contributed by atoms with E-state index >= 15 is 0 Å². The zero-order chi connectivity index (χ0) is 7.71. The molecule has 0 saturated heterocycles. The Bertz CT molecular complexity index is 91.0. The minimum atomic E-state index is -1.62.